The van der Waals surface area contributed by atoms with Crippen LogP contribution in [0, 0.1) is 5.82 Å². The molecule has 3 aromatic rings. The Hall–Kier alpha value is -3.98. The molecule has 2 atom stereocenters. The van der Waals surface area contributed by atoms with E-state index < -0.39 is 16.8 Å². The van der Waals surface area contributed by atoms with Gasteiger partial charge in [0, 0.05) is 28.7 Å². The average Bonchev–Trinajstić information content (AvgIpc) is 3.92. The maximum Gasteiger partial charge on any atom is 0.234 e. The van der Waals surface area contributed by atoms with Crippen LogP contribution < -0.4 is 19.5 Å². The molecule has 226 valence electrons. The molecule has 2 aliphatic carbocycles. The van der Waals surface area contributed by atoms with Crippen LogP contribution in [0.3, 0.4) is 0 Å². The summed E-state index contributed by atoms with van der Waals surface area (Å²) >= 11 is 0. The van der Waals surface area contributed by atoms with Crippen molar-refractivity contribution in [1.82, 2.24) is 10.3 Å². The van der Waals surface area contributed by atoms with E-state index in [1.165, 1.54) is 19.2 Å². The summed E-state index contributed by atoms with van der Waals surface area (Å²) in [5, 5.41) is 14.9. The fourth-order valence-corrected chi connectivity index (χ4v) is 5.31. The summed E-state index contributed by atoms with van der Waals surface area (Å²) in [6.07, 6.45) is 4.15. The van der Waals surface area contributed by atoms with E-state index in [2.05, 4.69) is 5.32 Å². The van der Waals surface area contributed by atoms with Crippen LogP contribution in [0.2, 0.25) is 0 Å². The summed E-state index contributed by atoms with van der Waals surface area (Å²) in [6, 6.07) is 12.7. The summed E-state index contributed by atoms with van der Waals surface area (Å²) in [6.45, 7) is 5.54. The molecule has 2 heterocycles. The lowest BCUT2D eigenvalue weighted by molar-refractivity contribution is -0.127. The number of aliphatic hydroxyl groups is 1. The van der Waals surface area contributed by atoms with E-state index in [4.69, 9.17) is 19.2 Å². The van der Waals surface area contributed by atoms with Crippen LogP contribution >= 0.6 is 0 Å². The number of pyridine rings is 1. The van der Waals surface area contributed by atoms with Gasteiger partial charge in [-0.05, 0) is 101 Å². The first kappa shape index (κ1) is 29.1. The zero-order valence-corrected chi connectivity index (χ0v) is 25.0. The monoisotopic (exact) mass is 588 g/mol. The lowest BCUT2D eigenvalue weighted by atomic mass is 9.81. The first-order valence-corrected chi connectivity index (χ1v) is 14.8. The highest BCUT2D eigenvalue weighted by atomic mass is 19.1. The van der Waals surface area contributed by atoms with Crippen LogP contribution in [-0.4, -0.2) is 47.1 Å². The first-order chi connectivity index (χ1) is 20.4. The van der Waals surface area contributed by atoms with E-state index in [1.54, 1.807) is 43.3 Å². The van der Waals surface area contributed by atoms with E-state index >= 15 is 0 Å². The molecule has 1 amide bonds. The molecule has 0 spiro atoms. The molecule has 43 heavy (non-hydrogen) atoms. The molecule has 2 fully saturated rings. The van der Waals surface area contributed by atoms with Gasteiger partial charge in [0.15, 0.2) is 17.3 Å². The number of nitrogens with one attached hydrogen (secondary N) is 1. The summed E-state index contributed by atoms with van der Waals surface area (Å²) < 4.78 is 31.2. The van der Waals surface area contributed by atoms with Crippen molar-refractivity contribution >= 4 is 11.7 Å². The molecule has 9 heteroatoms. The Labute approximate surface area is 250 Å². The highest BCUT2D eigenvalue weighted by Gasteiger charge is 2.49. The van der Waals surface area contributed by atoms with Crippen LogP contribution in [0.4, 0.5) is 4.39 Å². The maximum atomic E-state index is 13.8. The maximum absolute atomic E-state index is 13.8. The summed E-state index contributed by atoms with van der Waals surface area (Å²) in [5.74, 6) is 0.809. The molecule has 1 aromatic heterocycles. The predicted molar refractivity (Wildman–Crippen MR) is 158 cm³/mol. The third-order valence-electron chi connectivity index (χ3n) is 8.80. The zero-order chi connectivity index (χ0) is 30.6. The normalized spacial score (nSPS) is 21.3. The number of rotatable bonds is 11. The number of carbonyl (C=O) groups excluding carboxylic acids is 2. The van der Waals surface area contributed by atoms with Gasteiger partial charge in [-0.2, -0.15) is 0 Å². The number of halogens is 1. The van der Waals surface area contributed by atoms with Gasteiger partial charge < -0.3 is 24.6 Å². The van der Waals surface area contributed by atoms with Gasteiger partial charge in [0.05, 0.1) is 18.9 Å². The Morgan fingerprint density at radius 2 is 1.84 bits per heavy atom. The third-order valence-corrected chi connectivity index (χ3v) is 8.80. The van der Waals surface area contributed by atoms with Crippen molar-refractivity contribution < 1.29 is 33.3 Å². The van der Waals surface area contributed by atoms with Gasteiger partial charge >= 0.3 is 0 Å². The number of benzene rings is 2. The Kier molecular flexibility index (Phi) is 7.19. The minimum absolute atomic E-state index is 0.0379. The van der Waals surface area contributed by atoms with Gasteiger partial charge in [-0.15, -0.1) is 0 Å². The number of hydrogen-bond acceptors (Lipinski definition) is 7. The summed E-state index contributed by atoms with van der Waals surface area (Å²) in [7, 11) is 1.54. The smallest absolute Gasteiger partial charge is 0.234 e. The molecule has 0 bridgehead atoms. The SMILES string of the molecule is COc1cc(C(=O)CC[C@](C)(O)c2cc3c(c(-c4ccc(F)cc4)n2)OC[C@]3(C)C(=O)NC2(C)CC2)ccc1OC1CC1. The second kappa shape index (κ2) is 10.6. The highest BCUT2D eigenvalue weighted by molar-refractivity contribution is 5.96. The number of fused-ring (bicyclic) bond motifs is 1. The largest absolute Gasteiger partial charge is 0.493 e. The standard InChI is InChI=1S/C34H37FN2O6/c1-32(15-16-32)37-31(39)33(2)19-42-30-24(33)18-28(36-29(30)20-5-8-22(35)9-6-20)34(3,40)14-13-25(38)21-7-12-26(27(17-21)41-4)43-23-10-11-23/h5-9,12,17-18,23,40H,10-11,13-16,19H2,1-4H3,(H,37,39)/t33-,34-/m0/s1. The van der Waals surface area contributed by atoms with E-state index in [0.29, 0.717) is 45.3 Å². The molecule has 2 saturated carbocycles. The lowest BCUT2D eigenvalue weighted by Gasteiger charge is -2.27. The quantitative estimate of drug-likeness (QED) is 0.280. The number of Topliss-reactive ketones (excluding diaryl/α,β-unsaturated/α-hetero) is 1. The van der Waals surface area contributed by atoms with Crippen LogP contribution in [-0.2, 0) is 15.8 Å². The number of hydrogen-bond donors (Lipinski definition) is 2. The Balaban J connectivity index is 1.29. The van der Waals surface area contributed by atoms with Crippen molar-refractivity contribution in [1.29, 1.82) is 0 Å². The first-order valence-electron chi connectivity index (χ1n) is 14.8. The van der Waals surface area contributed by atoms with Gasteiger partial charge in [0.25, 0.3) is 0 Å². The van der Waals surface area contributed by atoms with Gasteiger partial charge in [-0.3, -0.25) is 9.59 Å². The Bertz CT molecular complexity index is 1580. The van der Waals surface area contributed by atoms with Crippen molar-refractivity contribution in [2.45, 2.75) is 82.0 Å². The number of ketones is 1. The van der Waals surface area contributed by atoms with E-state index in [9.17, 15) is 19.1 Å². The lowest BCUT2D eigenvalue weighted by Crippen LogP contribution is -2.48. The van der Waals surface area contributed by atoms with Gasteiger partial charge in [-0.1, -0.05) is 0 Å². The number of nitrogens with zero attached hydrogens (tertiary/aromatic N) is 1. The molecule has 2 N–H and O–H groups in total. The number of amides is 1. The molecular weight excluding hydrogens is 551 g/mol. The Morgan fingerprint density at radius 3 is 2.49 bits per heavy atom. The summed E-state index contributed by atoms with van der Waals surface area (Å²) in [5.41, 5.74) is -0.436. The van der Waals surface area contributed by atoms with Crippen molar-refractivity contribution in [3.63, 3.8) is 0 Å². The van der Waals surface area contributed by atoms with E-state index in [0.717, 1.165) is 25.7 Å². The number of ether oxygens (including phenoxy) is 3. The van der Waals surface area contributed by atoms with E-state index in [-0.39, 0.29) is 42.8 Å². The molecule has 0 unspecified atom stereocenters. The van der Waals surface area contributed by atoms with Crippen LogP contribution in [0.1, 0.15) is 80.9 Å². The molecule has 0 radical (unpaired) electrons. The molecule has 6 rings (SSSR count). The Morgan fingerprint density at radius 1 is 1.12 bits per heavy atom. The molecule has 1 aliphatic heterocycles. The fourth-order valence-electron chi connectivity index (χ4n) is 5.31. The molecule has 8 nitrogen and oxygen atoms in total. The summed E-state index contributed by atoms with van der Waals surface area (Å²) in [4.78, 5) is 31.6. The topological polar surface area (TPSA) is 107 Å². The number of methoxy groups -OCH3 is 1. The van der Waals surface area contributed by atoms with Crippen molar-refractivity contribution in [3.8, 4) is 28.5 Å². The predicted octanol–water partition coefficient (Wildman–Crippen LogP) is 5.63. The van der Waals surface area contributed by atoms with Crippen molar-refractivity contribution in [2.24, 2.45) is 0 Å². The van der Waals surface area contributed by atoms with Crippen LogP contribution in [0.25, 0.3) is 11.3 Å². The van der Waals surface area contributed by atoms with Crippen molar-refractivity contribution in [2.75, 3.05) is 13.7 Å². The average molecular weight is 589 g/mol. The van der Waals surface area contributed by atoms with Crippen LogP contribution in [0.5, 0.6) is 17.2 Å². The third kappa shape index (κ3) is 5.83. The molecule has 0 saturated heterocycles. The second-order valence-corrected chi connectivity index (χ2v) is 12.8. The molecule has 3 aliphatic rings. The number of carbonyl (C=O) groups is 2. The highest BCUT2D eigenvalue weighted by Crippen LogP contribution is 2.47. The fraction of sp³-hybridized carbons (Fsp3) is 0.441. The minimum Gasteiger partial charge on any atom is -0.493 e. The van der Waals surface area contributed by atoms with Gasteiger partial charge in [-0.25, -0.2) is 9.37 Å². The number of aromatic nitrogens is 1. The second-order valence-electron chi connectivity index (χ2n) is 12.8. The van der Waals surface area contributed by atoms with Gasteiger partial charge in [0.2, 0.25) is 5.91 Å². The van der Waals surface area contributed by atoms with Crippen LogP contribution in [0.15, 0.2) is 48.5 Å². The molecular formula is C34H37FN2O6. The minimum atomic E-state index is -1.53. The zero-order valence-electron chi connectivity index (χ0n) is 25.0. The molecule has 2 aromatic carbocycles. The van der Waals surface area contributed by atoms with Crippen molar-refractivity contribution in [3.05, 3.63) is 71.2 Å². The van der Waals surface area contributed by atoms with Gasteiger partial charge in [0.1, 0.15) is 34.9 Å². The van der Waals surface area contributed by atoms with E-state index in [1.807, 2.05) is 13.8 Å².